The Balaban J connectivity index is 1.63. The van der Waals surface area contributed by atoms with Crippen LogP contribution in [0.15, 0.2) is 36.5 Å². The van der Waals surface area contributed by atoms with Gasteiger partial charge in [-0.2, -0.15) is 0 Å². The number of pyridine rings is 1. The Labute approximate surface area is 144 Å². The summed E-state index contributed by atoms with van der Waals surface area (Å²) in [6.45, 7) is 2.29. The Morgan fingerprint density at radius 1 is 1.04 bits per heavy atom. The van der Waals surface area contributed by atoms with Crippen LogP contribution in [0.5, 0.6) is 0 Å². The number of fused-ring (bicyclic) bond motifs is 1. The Morgan fingerprint density at radius 3 is 2.38 bits per heavy atom. The number of carbonyl (C=O) groups is 1. The van der Waals surface area contributed by atoms with Crippen LogP contribution in [0.1, 0.15) is 62.4 Å². The zero-order chi connectivity index (χ0) is 16.5. The molecule has 3 heteroatoms. The SMILES string of the molecule is CCC1CCC(N(C(=O)c2nccc3ccccc23)C2CC2)CC1. The molecule has 1 heterocycles. The summed E-state index contributed by atoms with van der Waals surface area (Å²) in [5.41, 5.74) is 0.637. The Bertz CT molecular complexity index is 724. The number of benzene rings is 1. The summed E-state index contributed by atoms with van der Waals surface area (Å²) >= 11 is 0. The molecule has 1 aromatic heterocycles. The topological polar surface area (TPSA) is 33.2 Å². The van der Waals surface area contributed by atoms with Crippen LogP contribution in [0.4, 0.5) is 0 Å². The van der Waals surface area contributed by atoms with Crippen molar-refractivity contribution >= 4 is 16.7 Å². The van der Waals surface area contributed by atoms with Gasteiger partial charge >= 0.3 is 0 Å². The fourth-order valence-corrected chi connectivity index (χ4v) is 4.23. The van der Waals surface area contributed by atoms with Gasteiger partial charge in [-0.1, -0.05) is 37.6 Å². The number of nitrogens with zero attached hydrogens (tertiary/aromatic N) is 2. The summed E-state index contributed by atoms with van der Waals surface area (Å²) in [7, 11) is 0. The van der Waals surface area contributed by atoms with Gasteiger partial charge in [0.05, 0.1) is 0 Å². The van der Waals surface area contributed by atoms with Crippen molar-refractivity contribution in [1.29, 1.82) is 0 Å². The Morgan fingerprint density at radius 2 is 1.71 bits per heavy atom. The molecule has 126 valence electrons. The van der Waals surface area contributed by atoms with Crippen LogP contribution in [-0.4, -0.2) is 27.9 Å². The number of hydrogen-bond donors (Lipinski definition) is 0. The minimum atomic E-state index is 0.147. The van der Waals surface area contributed by atoms with Gasteiger partial charge < -0.3 is 4.90 Å². The van der Waals surface area contributed by atoms with Crippen molar-refractivity contribution in [3.05, 3.63) is 42.2 Å². The minimum absolute atomic E-state index is 0.147. The van der Waals surface area contributed by atoms with Gasteiger partial charge in [0.2, 0.25) is 0 Å². The van der Waals surface area contributed by atoms with Gasteiger partial charge in [0.25, 0.3) is 5.91 Å². The van der Waals surface area contributed by atoms with Gasteiger partial charge in [-0.15, -0.1) is 0 Å². The smallest absolute Gasteiger partial charge is 0.273 e. The van der Waals surface area contributed by atoms with Gasteiger partial charge in [0.1, 0.15) is 5.69 Å². The largest absolute Gasteiger partial charge is 0.331 e. The van der Waals surface area contributed by atoms with Crippen LogP contribution in [-0.2, 0) is 0 Å². The zero-order valence-electron chi connectivity index (χ0n) is 14.4. The number of rotatable bonds is 4. The predicted molar refractivity (Wildman–Crippen MR) is 97.0 cm³/mol. The molecule has 0 radical (unpaired) electrons. The second kappa shape index (κ2) is 6.54. The van der Waals surface area contributed by atoms with Crippen LogP contribution in [0.2, 0.25) is 0 Å². The van der Waals surface area contributed by atoms with Crippen molar-refractivity contribution in [1.82, 2.24) is 9.88 Å². The highest BCUT2D eigenvalue weighted by molar-refractivity contribution is 6.05. The third kappa shape index (κ3) is 2.92. The summed E-state index contributed by atoms with van der Waals surface area (Å²) in [5.74, 6) is 1.00. The van der Waals surface area contributed by atoms with E-state index in [0.717, 1.165) is 42.4 Å². The lowest BCUT2D eigenvalue weighted by Crippen LogP contribution is -2.44. The molecule has 24 heavy (non-hydrogen) atoms. The van der Waals surface area contributed by atoms with E-state index in [4.69, 9.17) is 0 Å². The van der Waals surface area contributed by atoms with E-state index >= 15 is 0 Å². The Hall–Kier alpha value is -1.90. The lowest BCUT2D eigenvalue weighted by molar-refractivity contribution is 0.0583. The quantitative estimate of drug-likeness (QED) is 0.809. The number of aromatic nitrogens is 1. The van der Waals surface area contributed by atoms with Crippen molar-refractivity contribution < 1.29 is 4.79 Å². The van der Waals surface area contributed by atoms with E-state index in [1.54, 1.807) is 6.20 Å². The number of carbonyl (C=O) groups excluding carboxylic acids is 1. The summed E-state index contributed by atoms with van der Waals surface area (Å²) < 4.78 is 0. The maximum absolute atomic E-state index is 13.4. The van der Waals surface area contributed by atoms with E-state index in [1.165, 1.54) is 19.3 Å². The molecule has 0 unspecified atom stereocenters. The average Bonchev–Trinajstić information content (AvgIpc) is 3.47. The molecule has 2 fully saturated rings. The minimum Gasteiger partial charge on any atom is -0.331 e. The van der Waals surface area contributed by atoms with E-state index in [2.05, 4.69) is 22.9 Å². The molecule has 0 saturated heterocycles. The highest BCUT2D eigenvalue weighted by Gasteiger charge is 2.39. The van der Waals surface area contributed by atoms with Crippen LogP contribution < -0.4 is 0 Å². The van der Waals surface area contributed by atoms with Crippen molar-refractivity contribution in [2.45, 2.75) is 64.0 Å². The molecular formula is C21H26N2O. The van der Waals surface area contributed by atoms with E-state index in [9.17, 15) is 4.79 Å². The fourth-order valence-electron chi connectivity index (χ4n) is 4.23. The van der Waals surface area contributed by atoms with Gasteiger partial charge in [-0.05, 0) is 55.9 Å². The Kier molecular flexibility index (Phi) is 4.26. The first-order valence-corrected chi connectivity index (χ1v) is 9.44. The summed E-state index contributed by atoms with van der Waals surface area (Å²) in [5, 5.41) is 2.08. The lowest BCUT2D eigenvalue weighted by atomic mass is 9.83. The second-order valence-corrected chi connectivity index (χ2v) is 7.41. The predicted octanol–water partition coefficient (Wildman–Crippen LogP) is 4.81. The number of hydrogen-bond acceptors (Lipinski definition) is 2. The van der Waals surface area contributed by atoms with E-state index in [1.807, 2.05) is 24.3 Å². The van der Waals surface area contributed by atoms with Crippen LogP contribution >= 0.6 is 0 Å². The third-order valence-corrected chi connectivity index (χ3v) is 5.84. The maximum Gasteiger partial charge on any atom is 0.273 e. The highest BCUT2D eigenvalue weighted by Crippen LogP contribution is 2.37. The molecule has 2 aromatic rings. The van der Waals surface area contributed by atoms with E-state index in [0.29, 0.717) is 17.8 Å². The first-order valence-electron chi connectivity index (χ1n) is 9.44. The first kappa shape index (κ1) is 15.6. The van der Waals surface area contributed by atoms with Gasteiger partial charge in [-0.3, -0.25) is 9.78 Å². The highest BCUT2D eigenvalue weighted by atomic mass is 16.2. The molecule has 3 nitrogen and oxygen atoms in total. The van der Waals surface area contributed by atoms with E-state index in [-0.39, 0.29) is 5.91 Å². The van der Waals surface area contributed by atoms with Gasteiger partial charge in [0, 0.05) is 23.7 Å². The van der Waals surface area contributed by atoms with Crippen LogP contribution in [0.25, 0.3) is 10.8 Å². The number of amides is 1. The zero-order valence-corrected chi connectivity index (χ0v) is 14.4. The molecule has 0 spiro atoms. The van der Waals surface area contributed by atoms with Gasteiger partial charge in [0.15, 0.2) is 0 Å². The molecule has 2 aliphatic rings. The monoisotopic (exact) mass is 322 g/mol. The molecular weight excluding hydrogens is 296 g/mol. The third-order valence-electron chi connectivity index (χ3n) is 5.84. The summed E-state index contributed by atoms with van der Waals surface area (Å²) in [6.07, 6.45) is 10.2. The van der Waals surface area contributed by atoms with Gasteiger partial charge in [-0.25, -0.2) is 0 Å². The molecule has 1 aromatic carbocycles. The molecule has 1 amide bonds. The molecule has 2 aliphatic carbocycles. The molecule has 4 rings (SSSR count). The van der Waals surface area contributed by atoms with Crippen molar-refractivity contribution in [3.63, 3.8) is 0 Å². The van der Waals surface area contributed by atoms with Crippen molar-refractivity contribution in [2.75, 3.05) is 0 Å². The molecule has 0 aliphatic heterocycles. The summed E-state index contributed by atoms with van der Waals surface area (Å²) in [4.78, 5) is 20.0. The van der Waals surface area contributed by atoms with Crippen LogP contribution in [0, 0.1) is 5.92 Å². The molecule has 0 N–H and O–H groups in total. The molecule has 2 saturated carbocycles. The normalized spacial score (nSPS) is 24.0. The van der Waals surface area contributed by atoms with Crippen LogP contribution in [0.3, 0.4) is 0 Å². The standard InChI is InChI=1S/C21H26N2O/c1-2-15-7-9-17(10-8-15)23(18-11-12-18)21(24)20-19-6-4-3-5-16(19)13-14-22-20/h3-6,13-15,17-18H,2,7-12H2,1H3. The lowest BCUT2D eigenvalue weighted by Gasteiger charge is -2.37. The fraction of sp³-hybridized carbons (Fsp3) is 0.524. The second-order valence-electron chi connectivity index (χ2n) is 7.41. The maximum atomic E-state index is 13.4. The molecule has 0 bridgehead atoms. The first-order chi connectivity index (χ1) is 11.8. The molecule has 0 atom stereocenters. The van der Waals surface area contributed by atoms with E-state index < -0.39 is 0 Å². The van der Waals surface area contributed by atoms with Crippen molar-refractivity contribution in [3.8, 4) is 0 Å². The van der Waals surface area contributed by atoms with Crippen molar-refractivity contribution in [2.24, 2.45) is 5.92 Å². The summed E-state index contributed by atoms with van der Waals surface area (Å²) in [6, 6.07) is 10.9. The average molecular weight is 322 g/mol.